The number of hydrogen-bond donors (Lipinski definition) is 0. The van der Waals surface area contributed by atoms with Crippen molar-refractivity contribution >= 4 is 39.6 Å². The molecular formula is C18H14BrClF2O4. The summed E-state index contributed by atoms with van der Waals surface area (Å²) in [5, 5.41) is 0.300. The molecule has 0 aliphatic carbocycles. The van der Waals surface area contributed by atoms with Crippen molar-refractivity contribution < 1.29 is 27.8 Å². The lowest BCUT2D eigenvalue weighted by molar-refractivity contribution is -0.128. The lowest BCUT2D eigenvalue weighted by Gasteiger charge is -2.10. The van der Waals surface area contributed by atoms with Crippen LogP contribution in [0.3, 0.4) is 0 Å². The van der Waals surface area contributed by atoms with Crippen LogP contribution in [0.2, 0.25) is 5.02 Å². The van der Waals surface area contributed by atoms with Crippen LogP contribution in [0.5, 0.6) is 17.2 Å². The molecule has 0 saturated heterocycles. The highest BCUT2D eigenvalue weighted by Gasteiger charge is 2.12. The minimum absolute atomic E-state index is 0.0977. The van der Waals surface area contributed by atoms with Gasteiger partial charge in [0.1, 0.15) is 0 Å². The first-order valence-electron chi connectivity index (χ1n) is 7.28. The molecule has 8 heteroatoms. The van der Waals surface area contributed by atoms with E-state index in [1.54, 1.807) is 19.1 Å². The fraction of sp³-hybridized carbons (Fsp3) is 0.167. The van der Waals surface area contributed by atoms with E-state index < -0.39 is 12.6 Å². The van der Waals surface area contributed by atoms with Gasteiger partial charge in [0.15, 0.2) is 17.2 Å². The summed E-state index contributed by atoms with van der Waals surface area (Å²) in [4.78, 5) is 12.0. The van der Waals surface area contributed by atoms with Crippen molar-refractivity contribution in [1.29, 1.82) is 0 Å². The number of esters is 1. The second kappa shape index (κ2) is 9.00. The van der Waals surface area contributed by atoms with Gasteiger partial charge < -0.3 is 14.2 Å². The summed E-state index contributed by atoms with van der Waals surface area (Å²) in [5.41, 5.74) is 1.24. The van der Waals surface area contributed by atoms with E-state index in [0.29, 0.717) is 16.1 Å². The van der Waals surface area contributed by atoms with Gasteiger partial charge in [-0.15, -0.1) is 0 Å². The highest BCUT2D eigenvalue weighted by Crippen LogP contribution is 2.32. The fourth-order valence-electron chi connectivity index (χ4n) is 2.10. The monoisotopic (exact) mass is 446 g/mol. The quantitative estimate of drug-likeness (QED) is 0.327. The summed E-state index contributed by atoms with van der Waals surface area (Å²) in [6.45, 7) is -1.20. The van der Waals surface area contributed by atoms with Crippen molar-refractivity contribution in [3.63, 3.8) is 0 Å². The Morgan fingerprint density at radius 3 is 2.58 bits per heavy atom. The Labute approximate surface area is 162 Å². The van der Waals surface area contributed by atoms with Crippen molar-refractivity contribution in [2.45, 2.75) is 13.5 Å². The van der Waals surface area contributed by atoms with Crippen molar-refractivity contribution in [2.24, 2.45) is 0 Å². The van der Waals surface area contributed by atoms with Gasteiger partial charge in [-0.1, -0.05) is 33.6 Å². The Morgan fingerprint density at radius 1 is 1.23 bits per heavy atom. The number of carbonyl (C=O) groups is 1. The van der Waals surface area contributed by atoms with E-state index in [4.69, 9.17) is 21.1 Å². The molecule has 0 aliphatic heterocycles. The van der Waals surface area contributed by atoms with Crippen LogP contribution in [0, 0.1) is 6.92 Å². The molecule has 0 saturated carbocycles. The van der Waals surface area contributed by atoms with Crippen LogP contribution in [0.25, 0.3) is 6.08 Å². The molecule has 138 valence electrons. The predicted octanol–water partition coefficient (Wildman–Crippen LogP) is 5.64. The number of methoxy groups -OCH3 is 1. The van der Waals surface area contributed by atoms with E-state index in [0.717, 1.165) is 4.47 Å². The molecule has 0 N–H and O–H groups in total. The second-order valence-corrected chi connectivity index (χ2v) is 6.40. The average Bonchev–Trinajstić information content (AvgIpc) is 2.56. The average molecular weight is 448 g/mol. The van der Waals surface area contributed by atoms with Crippen molar-refractivity contribution in [1.82, 2.24) is 0 Å². The van der Waals surface area contributed by atoms with E-state index in [1.807, 2.05) is 0 Å². The van der Waals surface area contributed by atoms with Crippen LogP contribution in [0.4, 0.5) is 8.78 Å². The van der Waals surface area contributed by atoms with E-state index in [9.17, 15) is 13.6 Å². The molecule has 0 amide bonds. The van der Waals surface area contributed by atoms with Crippen molar-refractivity contribution in [2.75, 3.05) is 7.11 Å². The third kappa shape index (κ3) is 5.44. The lowest BCUT2D eigenvalue weighted by Crippen LogP contribution is -2.05. The van der Waals surface area contributed by atoms with Gasteiger partial charge in [0, 0.05) is 10.5 Å². The zero-order chi connectivity index (χ0) is 19.3. The van der Waals surface area contributed by atoms with Gasteiger partial charge in [-0.25, -0.2) is 4.79 Å². The van der Waals surface area contributed by atoms with Gasteiger partial charge in [-0.3, -0.25) is 0 Å². The van der Waals surface area contributed by atoms with Crippen LogP contribution in [-0.2, 0) is 4.79 Å². The molecule has 0 aromatic heterocycles. The Morgan fingerprint density at radius 2 is 1.96 bits per heavy atom. The topological polar surface area (TPSA) is 44.8 Å². The van der Waals surface area contributed by atoms with Crippen LogP contribution in [0.15, 0.2) is 40.9 Å². The normalized spacial score (nSPS) is 11.0. The summed E-state index contributed by atoms with van der Waals surface area (Å²) in [7, 11) is 1.33. The predicted molar refractivity (Wildman–Crippen MR) is 98.2 cm³/mol. The smallest absolute Gasteiger partial charge is 0.387 e. The van der Waals surface area contributed by atoms with Crippen LogP contribution >= 0.6 is 27.5 Å². The number of hydrogen-bond acceptors (Lipinski definition) is 4. The molecule has 2 rings (SSSR count). The number of rotatable bonds is 6. The van der Waals surface area contributed by atoms with Crippen LogP contribution in [0.1, 0.15) is 11.1 Å². The summed E-state index contributed by atoms with van der Waals surface area (Å²) in [6, 6.07) is 7.67. The molecule has 0 bridgehead atoms. The molecule has 0 radical (unpaired) electrons. The SMILES string of the molecule is COc1cc(C=CC(=O)Oc2c(C)cc(Br)cc2Cl)ccc1OC(F)F. The van der Waals surface area contributed by atoms with Gasteiger partial charge in [0.05, 0.1) is 12.1 Å². The first-order chi connectivity index (χ1) is 12.3. The van der Waals surface area contributed by atoms with E-state index in [1.165, 1.54) is 37.5 Å². The Kier molecular flexibility index (Phi) is 6.99. The van der Waals surface area contributed by atoms with Crippen molar-refractivity contribution in [3.8, 4) is 17.2 Å². The summed E-state index contributed by atoms with van der Waals surface area (Å²) in [6.07, 6.45) is 2.65. The maximum atomic E-state index is 12.3. The molecule has 0 unspecified atom stereocenters. The molecule has 0 atom stereocenters. The number of carbonyl (C=O) groups excluding carboxylic acids is 1. The van der Waals surface area contributed by atoms with E-state index in [-0.39, 0.29) is 17.2 Å². The molecule has 4 nitrogen and oxygen atoms in total. The second-order valence-electron chi connectivity index (χ2n) is 5.08. The molecule has 0 aliphatic rings. The summed E-state index contributed by atoms with van der Waals surface area (Å²) in [5.74, 6) is -0.348. The first-order valence-corrected chi connectivity index (χ1v) is 8.45. The molecule has 2 aromatic carbocycles. The maximum Gasteiger partial charge on any atom is 0.387 e. The number of alkyl halides is 2. The first kappa shape index (κ1) is 20.2. The Balaban J connectivity index is 2.13. The minimum Gasteiger partial charge on any atom is -0.493 e. The number of halogens is 4. The van der Waals surface area contributed by atoms with Crippen molar-refractivity contribution in [3.05, 3.63) is 57.0 Å². The summed E-state index contributed by atoms with van der Waals surface area (Å²) >= 11 is 9.37. The summed E-state index contributed by atoms with van der Waals surface area (Å²) < 4.78 is 40.0. The number of ether oxygens (including phenoxy) is 3. The molecule has 0 fully saturated rings. The maximum absolute atomic E-state index is 12.3. The Bertz CT molecular complexity index is 817. The minimum atomic E-state index is -2.96. The van der Waals surface area contributed by atoms with Crippen LogP contribution < -0.4 is 14.2 Å². The largest absolute Gasteiger partial charge is 0.493 e. The van der Waals surface area contributed by atoms with Gasteiger partial charge in [-0.05, 0) is 48.4 Å². The van der Waals surface area contributed by atoms with Crippen LogP contribution in [-0.4, -0.2) is 19.7 Å². The highest BCUT2D eigenvalue weighted by molar-refractivity contribution is 9.10. The zero-order valence-electron chi connectivity index (χ0n) is 13.8. The standard InChI is InChI=1S/C18H14BrClF2O4/c1-10-7-12(19)9-13(20)17(10)26-16(23)6-4-11-3-5-14(25-18(21)22)15(8-11)24-2/h3-9,18H,1-2H3. The van der Waals surface area contributed by atoms with Gasteiger partial charge in [0.25, 0.3) is 0 Å². The lowest BCUT2D eigenvalue weighted by atomic mass is 10.2. The van der Waals surface area contributed by atoms with E-state index in [2.05, 4.69) is 20.7 Å². The molecule has 2 aromatic rings. The molecule has 0 spiro atoms. The third-order valence-corrected chi connectivity index (χ3v) is 3.95. The Hall–Kier alpha value is -2.12. The van der Waals surface area contributed by atoms with Gasteiger partial charge >= 0.3 is 12.6 Å². The van der Waals surface area contributed by atoms with Gasteiger partial charge in [0.2, 0.25) is 0 Å². The number of aryl methyl sites for hydroxylation is 1. The van der Waals surface area contributed by atoms with E-state index >= 15 is 0 Å². The number of benzene rings is 2. The van der Waals surface area contributed by atoms with Gasteiger partial charge in [-0.2, -0.15) is 8.78 Å². The fourth-order valence-corrected chi connectivity index (χ4v) is 3.11. The molecule has 26 heavy (non-hydrogen) atoms. The third-order valence-electron chi connectivity index (χ3n) is 3.21. The zero-order valence-corrected chi connectivity index (χ0v) is 16.1. The molecular weight excluding hydrogens is 434 g/mol. The highest BCUT2D eigenvalue weighted by atomic mass is 79.9. The molecule has 0 heterocycles.